The molecule has 0 aromatic heterocycles. The van der Waals surface area contributed by atoms with Crippen LogP contribution in [-0.2, 0) is 14.4 Å². The molecular formula is C11H20N4O3. The number of amidine groups is 2. The summed E-state index contributed by atoms with van der Waals surface area (Å²) in [5.74, 6) is -0.528. The molecule has 7 nitrogen and oxygen atoms in total. The van der Waals surface area contributed by atoms with E-state index in [4.69, 9.17) is 16.0 Å². The van der Waals surface area contributed by atoms with Crippen molar-refractivity contribution in [3.8, 4) is 0 Å². The van der Waals surface area contributed by atoms with Gasteiger partial charge in [-0.15, -0.1) is 0 Å². The predicted octanol–water partition coefficient (Wildman–Crippen LogP) is 0.527. The largest absolute Gasteiger partial charge is 0.469 e. The lowest BCUT2D eigenvalue weighted by Gasteiger charge is -2.26. The normalized spacial score (nSPS) is 11.9. The Balaban J connectivity index is 4.63. The van der Waals surface area contributed by atoms with E-state index in [1.54, 1.807) is 13.8 Å². The number of nitrogens with two attached hydrogens (primary N) is 1. The number of methoxy groups -OCH3 is 1. The zero-order valence-corrected chi connectivity index (χ0v) is 11.2. The minimum Gasteiger partial charge on any atom is -0.469 e. The smallest absolute Gasteiger partial charge is 0.313 e. The summed E-state index contributed by atoms with van der Waals surface area (Å²) < 4.78 is 4.65. The van der Waals surface area contributed by atoms with Crippen molar-refractivity contribution in [2.24, 2.45) is 16.1 Å². The van der Waals surface area contributed by atoms with E-state index in [-0.39, 0.29) is 24.2 Å². The van der Waals surface area contributed by atoms with Gasteiger partial charge in [-0.25, -0.2) is 10.1 Å². The fraction of sp³-hybridized carbons (Fsp3) is 0.545. The Hall–Kier alpha value is -1.89. The van der Waals surface area contributed by atoms with Gasteiger partial charge in [0.1, 0.15) is 0 Å². The number of nitrogens with zero attached hydrogens (tertiary/aromatic N) is 2. The van der Waals surface area contributed by atoms with Crippen LogP contribution in [0.1, 0.15) is 13.8 Å². The molecule has 0 heterocycles. The summed E-state index contributed by atoms with van der Waals surface area (Å²) in [5, 5.41) is 8.54. The molecular weight excluding hydrogens is 236 g/mol. The molecule has 0 aliphatic carbocycles. The van der Waals surface area contributed by atoms with Crippen molar-refractivity contribution >= 4 is 17.6 Å². The highest BCUT2D eigenvalue weighted by atomic mass is 16.7. The summed E-state index contributed by atoms with van der Waals surface area (Å²) in [6.07, 6.45) is 1.25. The van der Waals surface area contributed by atoms with Crippen LogP contribution in [0.4, 0.5) is 0 Å². The molecule has 0 saturated carbocycles. The third kappa shape index (κ3) is 4.54. The first-order valence-electron chi connectivity index (χ1n) is 5.24. The van der Waals surface area contributed by atoms with E-state index in [1.807, 2.05) is 0 Å². The van der Waals surface area contributed by atoms with Gasteiger partial charge in [0.15, 0.2) is 11.7 Å². The number of hydroxylamine groups is 2. The molecule has 0 aliphatic rings. The van der Waals surface area contributed by atoms with Gasteiger partial charge >= 0.3 is 5.97 Å². The molecule has 0 saturated heterocycles. The summed E-state index contributed by atoms with van der Waals surface area (Å²) in [5.41, 5.74) is 4.53. The van der Waals surface area contributed by atoms with Crippen molar-refractivity contribution in [1.82, 2.24) is 5.06 Å². The lowest BCUT2D eigenvalue weighted by atomic mass is 9.95. The van der Waals surface area contributed by atoms with E-state index in [0.29, 0.717) is 0 Å². The van der Waals surface area contributed by atoms with Crippen LogP contribution in [0, 0.1) is 10.8 Å². The maximum absolute atomic E-state index is 11.4. The van der Waals surface area contributed by atoms with Crippen molar-refractivity contribution in [2.45, 2.75) is 13.8 Å². The third-order valence-corrected chi connectivity index (χ3v) is 2.11. The topological polar surface area (TPSA) is 101 Å². The van der Waals surface area contributed by atoms with Gasteiger partial charge in [0.05, 0.1) is 19.1 Å². The summed E-state index contributed by atoms with van der Waals surface area (Å²) >= 11 is 0. The Morgan fingerprint density at radius 2 is 2.17 bits per heavy atom. The molecule has 7 heteroatoms. The Morgan fingerprint density at radius 1 is 1.61 bits per heavy atom. The molecule has 0 radical (unpaired) electrons. The lowest BCUT2D eigenvalue weighted by molar-refractivity contribution is -0.164. The van der Waals surface area contributed by atoms with Gasteiger partial charge in [0, 0.05) is 13.2 Å². The van der Waals surface area contributed by atoms with Crippen molar-refractivity contribution in [2.75, 3.05) is 20.8 Å². The highest BCUT2D eigenvalue weighted by Gasteiger charge is 2.30. The van der Waals surface area contributed by atoms with Gasteiger partial charge in [0.2, 0.25) is 0 Å². The highest BCUT2D eigenvalue weighted by Crippen LogP contribution is 2.17. The third-order valence-electron chi connectivity index (χ3n) is 2.11. The van der Waals surface area contributed by atoms with E-state index in [2.05, 4.69) is 16.3 Å². The Morgan fingerprint density at radius 3 is 2.56 bits per heavy atom. The van der Waals surface area contributed by atoms with Gasteiger partial charge in [-0.2, -0.15) is 0 Å². The van der Waals surface area contributed by atoms with Crippen LogP contribution in [0.3, 0.4) is 0 Å². The molecule has 0 amide bonds. The van der Waals surface area contributed by atoms with E-state index < -0.39 is 5.41 Å². The van der Waals surface area contributed by atoms with E-state index in [1.165, 1.54) is 25.4 Å². The molecule has 0 bridgehead atoms. The monoisotopic (exact) mass is 256 g/mol. The molecule has 0 atom stereocenters. The van der Waals surface area contributed by atoms with E-state index >= 15 is 0 Å². The summed E-state index contributed by atoms with van der Waals surface area (Å²) in [6, 6.07) is 0. The quantitative estimate of drug-likeness (QED) is 0.323. The van der Waals surface area contributed by atoms with Crippen molar-refractivity contribution in [3.05, 3.63) is 12.8 Å². The number of ether oxygens (including phenoxy) is 1. The second-order valence-corrected chi connectivity index (χ2v) is 4.20. The minimum absolute atomic E-state index is 0.0691. The number of aliphatic imine (C=N–C) groups is 1. The average molecular weight is 256 g/mol. The molecule has 3 N–H and O–H groups in total. The first-order chi connectivity index (χ1) is 8.26. The Kier molecular flexibility index (Phi) is 6.04. The van der Waals surface area contributed by atoms with Crippen LogP contribution < -0.4 is 5.73 Å². The zero-order valence-electron chi connectivity index (χ0n) is 11.2. The molecule has 0 unspecified atom stereocenters. The molecule has 0 rings (SSSR count). The molecule has 0 spiro atoms. The van der Waals surface area contributed by atoms with Gasteiger partial charge in [0.25, 0.3) is 0 Å². The van der Waals surface area contributed by atoms with Gasteiger partial charge < -0.3 is 10.5 Å². The second-order valence-electron chi connectivity index (χ2n) is 4.20. The predicted molar refractivity (Wildman–Crippen MR) is 69.1 cm³/mol. The highest BCUT2D eigenvalue weighted by molar-refractivity contribution is 6.38. The first-order valence-corrected chi connectivity index (χ1v) is 5.24. The van der Waals surface area contributed by atoms with Crippen LogP contribution in [-0.4, -0.2) is 43.5 Å². The number of hydrogen-bond donors (Lipinski definition) is 2. The van der Waals surface area contributed by atoms with Gasteiger partial charge in [-0.05, 0) is 13.8 Å². The molecule has 102 valence electrons. The minimum atomic E-state index is -0.806. The maximum atomic E-state index is 11.4. The van der Waals surface area contributed by atoms with Gasteiger partial charge in [-0.1, -0.05) is 6.58 Å². The zero-order chi connectivity index (χ0) is 14.3. The van der Waals surface area contributed by atoms with Crippen LogP contribution in [0.5, 0.6) is 0 Å². The van der Waals surface area contributed by atoms with Crippen LogP contribution in [0.2, 0.25) is 0 Å². The van der Waals surface area contributed by atoms with Crippen molar-refractivity contribution in [3.63, 3.8) is 0 Å². The molecule has 0 aromatic rings. The fourth-order valence-electron chi connectivity index (χ4n) is 1.06. The Bertz CT molecular complexity index is 363. The number of likely N-dealkylation sites (N-methyl/N-ethyl adjacent to an activating group) is 1. The summed E-state index contributed by atoms with van der Waals surface area (Å²) in [6.45, 7) is 6.86. The number of nitrogens with one attached hydrogen (secondary N) is 1. The van der Waals surface area contributed by atoms with Crippen molar-refractivity contribution < 1.29 is 14.4 Å². The molecule has 0 aliphatic heterocycles. The number of hydrogen-bond acceptors (Lipinski definition) is 5. The fourth-order valence-corrected chi connectivity index (χ4v) is 1.06. The van der Waals surface area contributed by atoms with E-state index in [9.17, 15) is 4.79 Å². The number of carbonyl (C=O) groups is 1. The second kappa shape index (κ2) is 6.75. The van der Waals surface area contributed by atoms with Crippen molar-refractivity contribution in [1.29, 1.82) is 5.41 Å². The van der Waals surface area contributed by atoms with Crippen LogP contribution >= 0.6 is 0 Å². The molecule has 0 fully saturated rings. The average Bonchev–Trinajstić information content (AvgIpc) is 2.31. The molecule has 18 heavy (non-hydrogen) atoms. The van der Waals surface area contributed by atoms with E-state index in [0.717, 1.165) is 0 Å². The first kappa shape index (κ1) is 16.1. The summed E-state index contributed by atoms with van der Waals surface area (Å²) in [4.78, 5) is 20.6. The van der Waals surface area contributed by atoms with Crippen LogP contribution in [0.25, 0.3) is 0 Å². The van der Waals surface area contributed by atoms with Crippen LogP contribution in [0.15, 0.2) is 17.8 Å². The van der Waals surface area contributed by atoms with Gasteiger partial charge in [-0.3, -0.25) is 15.0 Å². The maximum Gasteiger partial charge on any atom is 0.313 e. The lowest BCUT2D eigenvalue weighted by Crippen LogP contribution is -2.41. The number of rotatable bonds is 5. The summed E-state index contributed by atoms with van der Waals surface area (Å²) in [7, 11) is 2.85. The number of esters is 1. The molecule has 0 aromatic carbocycles. The number of carbonyl (C=O) groups excluding carboxylic acids is 1. The SMILES string of the molecule is C=CN=C(C(=N)N)N(C)OCC(C)(C)C(=O)OC. The Labute approximate surface area is 107 Å². The standard InChI is InChI=1S/C11H20N4O3/c1-6-14-9(8(12)13)15(4)18-7-11(2,3)10(16)17-5/h6H,1,7H2,2-5H3,(H3,12,13).